The third kappa shape index (κ3) is 5.78. The van der Waals surface area contributed by atoms with Crippen LogP contribution >= 0.6 is 0 Å². The molecule has 2 atom stereocenters. The molecular weight excluding hydrogens is 460 g/mol. The Morgan fingerprint density at radius 2 is 1.53 bits per heavy atom. The molecule has 192 valence electrons. The van der Waals surface area contributed by atoms with E-state index in [1.807, 2.05) is 26.0 Å². The monoisotopic (exact) mass is 494 g/mol. The van der Waals surface area contributed by atoms with Crippen LogP contribution in [0, 0.1) is 0 Å². The molecule has 1 aromatic heterocycles. The first-order chi connectivity index (χ1) is 17.5. The molecule has 2 aromatic rings. The van der Waals surface area contributed by atoms with E-state index in [0.29, 0.717) is 62.8 Å². The molecule has 0 bridgehead atoms. The first-order valence-electron chi connectivity index (χ1n) is 12.7. The average Bonchev–Trinajstić information content (AvgIpc) is 3.58. The van der Waals surface area contributed by atoms with E-state index in [4.69, 9.17) is 9.47 Å². The van der Waals surface area contributed by atoms with Crippen LogP contribution in [0.3, 0.4) is 0 Å². The summed E-state index contributed by atoms with van der Waals surface area (Å²) < 4.78 is 11.2. The number of pyridine rings is 1. The standard InChI is InChI=1S/C27H34N4O5/c1-3-35-21-15-20(16-22(17-21)36-4-2)26(33)31-14-6-8-24(31)27(34)30-13-5-7-23(30)25(32)29-18-19-9-11-28-12-10-19/h9-12,15-17,23-24H,3-8,13-14,18H2,1-2H3,(H,29,32)/t23-,24-/m0/s1. The minimum atomic E-state index is -0.586. The van der Waals surface area contributed by atoms with Gasteiger partial charge in [-0.2, -0.15) is 0 Å². The lowest BCUT2D eigenvalue weighted by Crippen LogP contribution is -2.52. The number of nitrogens with zero attached hydrogens (tertiary/aromatic N) is 3. The molecule has 36 heavy (non-hydrogen) atoms. The number of hydrogen-bond acceptors (Lipinski definition) is 6. The van der Waals surface area contributed by atoms with Gasteiger partial charge in [0, 0.05) is 43.7 Å². The highest BCUT2D eigenvalue weighted by Crippen LogP contribution is 2.29. The molecule has 3 heterocycles. The first kappa shape index (κ1) is 25.5. The number of hydrogen-bond donors (Lipinski definition) is 1. The van der Waals surface area contributed by atoms with Gasteiger partial charge in [0.2, 0.25) is 11.8 Å². The van der Waals surface area contributed by atoms with Crippen molar-refractivity contribution in [3.8, 4) is 11.5 Å². The van der Waals surface area contributed by atoms with E-state index in [1.54, 1.807) is 40.4 Å². The number of carbonyl (C=O) groups is 3. The van der Waals surface area contributed by atoms with Crippen LogP contribution in [0.5, 0.6) is 11.5 Å². The Labute approximate surface area is 211 Å². The van der Waals surface area contributed by atoms with Crippen LogP contribution in [0.1, 0.15) is 55.5 Å². The van der Waals surface area contributed by atoms with Gasteiger partial charge in [-0.1, -0.05) is 0 Å². The average molecular weight is 495 g/mol. The number of carbonyl (C=O) groups excluding carboxylic acids is 3. The Morgan fingerprint density at radius 3 is 2.17 bits per heavy atom. The topological polar surface area (TPSA) is 101 Å². The molecule has 2 aliphatic heterocycles. The maximum Gasteiger partial charge on any atom is 0.254 e. The summed E-state index contributed by atoms with van der Waals surface area (Å²) in [5, 5.41) is 2.94. The molecule has 1 N–H and O–H groups in total. The maximum atomic E-state index is 13.6. The predicted molar refractivity (Wildman–Crippen MR) is 134 cm³/mol. The molecule has 2 saturated heterocycles. The summed E-state index contributed by atoms with van der Waals surface area (Å²) in [4.78, 5) is 47.4. The largest absolute Gasteiger partial charge is 0.494 e. The normalized spacial score (nSPS) is 19.3. The van der Waals surface area contributed by atoms with Crippen molar-refractivity contribution >= 4 is 17.7 Å². The summed E-state index contributed by atoms with van der Waals surface area (Å²) in [6, 6.07) is 7.73. The van der Waals surface area contributed by atoms with Crippen molar-refractivity contribution in [3.05, 3.63) is 53.9 Å². The van der Waals surface area contributed by atoms with Gasteiger partial charge >= 0.3 is 0 Å². The molecular formula is C27H34N4O5. The zero-order valence-corrected chi connectivity index (χ0v) is 20.9. The number of likely N-dealkylation sites (tertiary alicyclic amines) is 2. The summed E-state index contributed by atoms with van der Waals surface area (Å²) in [5.41, 5.74) is 1.37. The minimum Gasteiger partial charge on any atom is -0.494 e. The van der Waals surface area contributed by atoms with Crippen LogP contribution in [0.15, 0.2) is 42.7 Å². The lowest BCUT2D eigenvalue weighted by molar-refractivity contribution is -0.141. The van der Waals surface area contributed by atoms with E-state index < -0.39 is 12.1 Å². The summed E-state index contributed by atoms with van der Waals surface area (Å²) in [7, 11) is 0. The number of aromatic nitrogens is 1. The fraction of sp³-hybridized carbons (Fsp3) is 0.481. The zero-order chi connectivity index (χ0) is 25.5. The van der Waals surface area contributed by atoms with E-state index in [2.05, 4.69) is 10.3 Å². The number of rotatable bonds is 9. The van der Waals surface area contributed by atoms with Crippen LogP contribution in [-0.4, -0.2) is 70.9 Å². The molecule has 2 fully saturated rings. The molecule has 0 radical (unpaired) electrons. The Hall–Kier alpha value is -3.62. The van der Waals surface area contributed by atoms with E-state index >= 15 is 0 Å². The molecule has 4 rings (SSSR count). The highest BCUT2D eigenvalue weighted by molar-refractivity contribution is 5.99. The van der Waals surface area contributed by atoms with Crippen molar-refractivity contribution in [2.75, 3.05) is 26.3 Å². The third-order valence-electron chi connectivity index (χ3n) is 6.60. The first-order valence-corrected chi connectivity index (χ1v) is 12.7. The number of ether oxygens (including phenoxy) is 2. The van der Waals surface area contributed by atoms with Gasteiger partial charge < -0.3 is 24.6 Å². The molecule has 3 amide bonds. The Kier molecular flexibility index (Phi) is 8.40. The second kappa shape index (κ2) is 11.9. The summed E-state index contributed by atoms with van der Waals surface area (Å²) in [6.07, 6.45) is 6.05. The van der Waals surface area contributed by atoms with E-state index in [-0.39, 0.29) is 17.7 Å². The van der Waals surface area contributed by atoms with Crippen molar-refractivity contribution < 1.29 is 23.9 Å². The van der Waals surface area contributed by atoms with Crippen LogP contribution in [0.4, 0.5) is 0 Å². The van der Waals surface area contributed by atoms with Gasteiger partial charge in [-0.3, -0.25) is 19.4 Å². The smallest absolute Gasteiger partial charge is 0.254 e. The van der Waals surface area contributed by atoms with E-state index in [0.717, 1.165) is 18.4 Å². The van der Waals surface area contributed by atoms with Crippen LogP contribution in [0.25, 0.3) is 0 Å². The summed E-state index contributed by atoms with van der Waals surface area (Å²) in [6.45, 7) is 6.07. The van der Waals surface area contributed by atoms with E-state index in [1.165, 1.54) is 0 Å². The van der Waals surface area contributed by atoms with Gasteiger partial charge in [0.05, 0.1) is 13.2 Å². The predicted octanol–water partition coefficient (Wildman–Crippen LogP) is 2.79. The fourth-order valence-electron chi connectivity index (χ4n) is 4.93. The summed E-state index contributed by atoms with van der Waals surface area (Å²) >= 11 is 0. The molecule has 0 saturated carbocycles. The second-order valence-electron chi connectivity index (χ2n) is 8.98. The molecule has 9 heteroatoms. The Bertz CT molecular complexity index is 1050. The van der Waals surface area contributed by atoms with Crippen molar-refractivity contribution in [1.82, 2.24) is 20.1 Å². The van der Waals surface area contributed by atoms with Crippen molar-refractivity contribution in [1.29, 1.82) is 0 Å². The fourth-order valence-corrected chi connectivity index (χ4v) is 4.93. The number of amides is 3. The minimum absolute atomic E-state index is 0.159. The highest BCUT2D eigenvalue weighted by atomic mass is 16.5. The van der Waals surface area contributed by atoms with Crippen LogP contribution in [0.2, 0.25) is 0 Å². The van der Waals surface area contributed by atoms with Gasteiger partial charge in [0.25, 0.3) is 5.91 Å². The van der Waals surface area contributed by atoms with Crippen molar-refractivity contribution in [2.24, 2.45) is 0 Å². The second-order valence-corrected chi connectivity index (χ2v) is 8.98. The highest BCUT2D eigenvalue weighted by Gasteiger charge is 2.42. The molecule has 9 nitrogen and oxygen atoms in total. The number of nitrogens with one attached hydrogen (secondary N) is 1. The zero-order valence-electron chi connectivity index (χ0n) is 20.9. The molecule has 0 aliphatic carbocycles. The molecule has 1 aromatic carbocycles. The SMILES string of the molecule is CCOc1cc(OCC)cc(C(=O)N2CCC[C@H]2C(=O)N2CCC[C@H]2C(=O)NCc2ccncc2)c1. The van der Waals surface area contributed by atoms with Gasteiger partial charge in [-0.15, -0.1) is 0 Å². The van der Waals surface area contributed by atoms with Crippen LogP contribution < -0.4 is 14.8 Å². The van der Waals surface area contributed by atoms with Crippen LogP contribution in [-0.2, 0) is 16.1 Å². The number of benzene rings is 1. The van der Waals surface area contributed by atoms with Gasteiger partial charge in [-0.05, 0) is 69.4 Å². The van der Waals surface area contributed by atoms with Gasteiger partial charge in [0.1, 0.15) is 23.6 Å². The molecule has 2 aliphatic rings. The lowest BCUT2D eigenvalue weighted by atomic mass is 10.1. The van der Waals surface area contributed by atoms with Gasteiger partial charge in [-0.25, -0.2) is 0 Å². The quantitative estimate of drug-likeness (QED) is 0.575. The van der Waals surface area contributed by atoms with E-state index in [9.17, 15) is 14.4 Å². The van der Waals surface area contributed by atoms with Crippen molar-refractivity contribution in [3.63, 3.8) is 0 Å². The summed E-state index contributed by atoms with van der Waals surface area (Å²) in [5.74, 6) is 0.553. The van der Waals surface area contributed by atoms with Gasteiger partial charge in [0.15, 0.2) is 0 Å². The Morgan fingerprint density at radius 1 is 0.917 bits per heavy atom. The molecule has 0 spiro atoms. The molecule has 0 unspecified atom stereocenters. The lowest BCUT2D eigenvalue weighted by Gasteiger charge is -2.31. The maximum absolute atomic E-state index is 13.6. The Balaban J connectivity index is 1.46. The third-order valence-corrected chi connectivity index (χ3v) is 6.60. The van der Waals surface area contributed by atoms with Crippen molar-refractivity contribution in [2.45, 2.75) is 58.2 Å².